The van der Waals surface area contributed by atoms with E-state index >= 15 is 0 Å². The molecular weight excluding hydrogens is 190 g/mol. The number of hydrogen-bond donors (Lipinski definition) is 2. The highest BCUT2D eigenvalue weighted by Crippen LogP contribution is 2.40. The van der Waals surface area contributed by atoms with Gasteiger partial charge < -0.3 is 11.1 Å². The summed E-state index contributed by atoms with van der Waals surface area (Å²) in [6.45, 7) is 4.38. The molecule has 4 heteroatoms. The molecule has 4 nitrogen and oxygen atoms in total. The van der Waals surface area contributed by atoms with Crippen molar-refractivity contribution in [2.24, 2.45) is 22.6 Å². The predicted octanol–water partition coefficient (Wildman–Crippen LogP) is 1.65. The Hall–Kier alpha value is -1.06. The highest BCUT2D eigenvalue weighted by atomic mass is 16.2. The zero-order chi connectivity index (χ0) is 11.1. The van der Waals surface area contributed by atoms with Crippen molar-refractivity contribution < 1.29 is 4.79 Å². The quantitative estimate of drug-likeness (QED) is 0.689. The van der Waals surface area contributed by atoms with E-state index < -0.39 is 0 Å². The van der Waals surface area contributed by atoms with E-state index in [0.29, 0.717) is 17.7 Å². The van der Waals surface area contributed by atoms with E-state index in [0.717, 1.165) is 19.3 Å². The van der Waals surface area contributed by atoms with Gasteiger partial charge in [0.1, 0.15) is 11.4 Å². The minimum absolute atomic E-state index is 0.264. The first-order chi connectivity index (χ1) is 7.06. The Balaban J connectivity index is 2.31. The predicted molar refractivity (Wildman–Crippen MR) is 59.7 cm³/mol. The summed E-state index contributed by atoms with van der Waals surface area (Å²) in [6.07, 6.45) is 4.43. The maximum Gasteiger partial charge on any atom is 0.343 e. The number of amidine groups is 1. The Morgan fingerprint density at radius 1 is 1.53 bits per heavy atom. The van der Waals surface area contributed by atoms with Crippen LogP contribution in [0.4, 0.5) is 4.79 Å². The molecule has 0 aromatic heterocycles. The van der Waals surface area contributed by atoms with Gasteiger partial charge in [0, 0.05) is 0 Å². The minimum atomic E-state index is -0.330. The molecule has 1 fully saturated rings. The van der Waals surface area contributed by atoms with Crippen molar-refractivity contribution in [2.45, 2.75) is 45.1 Å². The Morgan fingerprint density at radius 3 is 2.80 bits per heavy atom. The van der Waals surface area contributed by atoms with Gasteiger partial charge in [-0.25, -0.2) is 4.79 Å². The normalized spacial score (nSPS) is 35.8. The molecule has 2 atom stereocenters. The van der Waals surface area contributed by atoms with Crippen molar-refractivity contribution in [1.29, 1.82) is 0 Å². The van der Waals surface area contributed by atoms with E-state index in [4.69, 9.17) is 5.73 Å². The molecule has 0 bridgehead atoms. The molecule has 1 spiro atoms. The van der Waals surface area contributed by atoms with Gasteiger partial charge >= 0.3 is 6.03 Å². The summed E-state index contributed by atoms with van der Waals surface area (Å²) in [4.78, 5) is 15.2. The molecule has 2 unspecified atom stereocenters. The van der Waals surface area contributed by atoms with Gasteiger partial charge in [-0.1, -0.05) is 26.7 Å². The van der Waals surface area contributed by atoms with E-state index in [2.05, 4.69) is 24.2 Å². The molecule has 0 aromatic carbocycles. The SMILES string of the molecule is CC(C)C1CCCCC12NC(=O)N=C2N. The summed E-state index contributed by atoms with van der Waals surface area (Å²) < 4.78 is 0. The summed E-state index contributed by atoms with van der Waals surface area (Å²) in [5.74, 6) is 1.46. The fourth-order valence-electron chi connectivity index (χ4n) is 3.07. The van der Waals surface area contributed by atoms with Crippen LogP contribution in [0, 0.1) is 11.8 Å². The first-order valence-electron chi connectivity index (χ1n) is 5.73. The highest BCUT2D eigenvalue weighted by Gasteiger charge is 2.49. The molecule has 84 valence electrons. The van der Waals surface area contributed by atoms with Crippen LogP contribution in [-0.4, -0.2) is 17.4 Å². The van der Waals surface area contributed by atoms with Crippen LogP contribution in [0.5, 0.6) is 0 Å². The Kier molecular flexibility index (Phi) is 2.44. The highest BCUT2D eigenvalue weighted by molar-refractivity contribution is 6.06. The molecule has 3 N–H and O–H groups in total. The number of nitrogens with one attached hydrogen (secondary N) is 1. The zero-order valence-corrected chi connectivity index (χ0v) is 9.42. The second kappa shape index (κ2) is 3.51. The second-order valence-corrected chi connectivity index (χ2v) is 4.99. The zero-order valence-electron chi connectivity index (χ0n) is 9.42. The molecule has 1 heterocycles. The van der Waals surface area contributed by atoms with E-state index in [-0.39, 0.29) is 11.6 Å². The van der Waals surface area contributed by atoms with Gasteiger partial charge in [0.15, 0.2) is 0 Å². The van der Waals surface area contributed by atoms with E-state index in [1.807, 2.05) is 0 Å². The molecule has 1 saturated carbocycles. The lowest BCUT2D eigenvalue weighted by Gasteiger charge is -2.43. The fraction of sp³-hybridized carbons (Fsp3) is 0.818. The lowest BCUT2D eigenvalue weighted by Crippen LogP contribution is -2.59. The summed E-state index contributed by atoms with van der Waals surface area (Å²) >= 11 is 0. The largest absolute Gasteiger partial charge is 0.385 e. The van der Waals surface area contributed by atoms with Crippen LogP contribution >= 0.6 is 0 Å². The van der Waals surface area contributed by atoms with Crippen LogP contribution in [0.15, 0.2) is 4.99 Å². The second-order valence-electron chi connectivity index (χ2n) is 4.99. The molecule has 0 saturated heterocycles. The third-order valence-electron chi connectivity index (χ3n) is 3.78. The first-order valence-corrected chi connectivity index (χ1v) is 5.73. The van der Waals surface area contributed by atoms with Gasteiger partial charge in [-0.15, -0.1) is 0 Å². The van der Waals surface area contributed by atoms with Gasteiger partial charge in [0.05, 0.1) is 0 Å². The molecule has 2 aliphatic rings. The fourth-order valence-corrected chi connectivity index (χ4v) is 3.07. The maximum absolute atomic E-state index is 11.3. The van der Waals surface area contributed by atoms with Crippen molar-refractivity contribution in [3.05, 3.63) is 0 Å². The third-order valence-corrected chi connectivity index (χ3v) is 3.78. The number of amides is 2. The number of carbonyl (C=O) groups excluding carboxylic acids is 1. The molecule has 0 radical (unpaired) electrons. The number of nitrogens with zero attached hydrogens (tertiary/aromatic N) is 1. The average molecular weight is 209 g/mol. The van der Waals surface area contributed by atoms with Gasteiger partial charge in [0.25, 0.3) is 0 Å². The standard InChI is InChI=1S/C11H19N3O/c1-7(2)8-5-3-4-6-11(8)9(12)13-10(15)14-11/h7-8H,3-6H2,1-2H3,(H3,12,13,14,15). The molecule has 0 aromatic rings. The van der Waals surface area contributed by atoms with Crippen molar-refractivity contribution in [3.8, 4) is 0 Å². The number of rotatable bonds is 1. The number of urea groups is 1. The van der Waals surface area contributed by atoms with Gasteiger partial charge in [-0.2, -0.15) is 4.99 Å². The van der Waals surface area contributed by atoms with Crippen molar-refractivity contribution in [2.75, 3.05) is 0 Å². The smallest absolute Gasteiger partial charge is 0.343 e. The molecule has 15 heavy (non-hydrogen) atoms. The lowest BCUT2D eigenvalue weighted by molar-refractivity contribution is 0.169. The molecule has 2 rings (SSSR count). The lowest BCUT2D eigenvalue weighted by atomic mass is 9.67. The third kappa shape index (κ3) is 1.52. The molecule has 1 aliphatic heterocycles. The summed E-state index contributed by atoms with van der Waals surface area (Å²) in [6, 6.07) is -0.264. The van der Waals surface area contributed by atoms with Crippen molar-refractivity contribution >= 4 is 11.9 Å². The molecular formula is C11H19N3O. The number of carbonyl (C=O) groups is 1. The van der Waals surface area contributed by atoms with Crippen LogP contribution in [0.3, 0.4) is 0 Å². The minimum Gasteiger partial charge on any atom is -0.385 e. The van der Waals surface area contributed by atoms with Crippen LogP contribution in [0.2, 0.25) is 0 Å². The Labute approximate surface area is 90.3 Å². The van der Waals surface area contributed by atoms with Crippen molar-refractivity contribution in [3.63, 3.8) is 0 Å². The topological polar surface area (TPSA) is 67.5 Å². The van der Waals surface area contributed by atoms with E-state index in [1.165, 1.54) is 6.42 Å². The van der Waals surface area contributed by atoms with Crippen molar-refractivity contribution in [1.82, 2.24) is 5.32 Å². The summed E-state index contributed by atoms with van der Waals surface area (Å²) in [5.41, 5.74) is 5.60. The van der Waals surface area contributed by atoms with Gasteiger partial charge in [-0.05, 0) is 24.7 Å². The van der Waals surface area contributed by atoms with E-state index in [1.54, 1.807) is 0 Å². The molecule has 1 aliphatic carbocycles. The van der Waals surface area contributed by atoms with E-state index in [9.17, 15) is 4.79 Å². The maximum atomic E-state index is 11.3. The Bertz CT molecular complexity index is 311. The Morgan fingerprint density at radius 2 is 2.27 bits per heavy atom. The number of nitrogens with two attached hydrogens (primary N) is 1. The van der Waals surface area contributed by atoms with Crippen LogP contribution < -0.4 is 11.1 Å². The van der Waals surface area contributed by atoms with Gasteiger partial charge in [0.2, 0.25) is 0 Å². The van der Waals surface area contributed by atoms with Crippen LogP contribution in [-0.2, 0) is 0 Å². The van der Waals surface area contributed by atoms with Crippen LogP contribution in [0.1, 0.15) is 39.5 Å². The first kappa shape index (κ1) is 10.5. The molecule has 2 amide bonds. The average Bonchev–Trinajstić information content (AvgIpc) is 2.42. The van der Waals surface area contributed by atoms with Crippen LogP contribution in [0.25, 0.3) is 0 Å². The number of hydrogen-bond acceptors (Lipinski definition) is 2. The van der Waals surface area contributed by atoms with Gasteiger partial charge in [-0.3, -0.25) is 0 Å². The summed E-state index contributed by atoms with van der Waals surface area (Å²) in [7, 11) is 0. The monoisotopic (exact) mass is 209 g/mol. The summed E-state index contributed by atoms with van der Waals surface area (Å²) in [5, 5.41) is 2.98. The number of aliphatic imine (C=N–C) groups is 1.